The number of hydrogen-bond acceptors (Lipinski definition) is 5. The summed E-state index contributed by atoms with van der Waals surface area (Å²) in [5.74, 6) is -0.140. The van der Waals surface area contributed by atoms with Gasteiger partial charge in [0.25, 0.3) is 5.91 Å². The summed E-state index contributed by atoms with van der Waals surface area (Å²) >= 11 is 0. The van der Waals surface area contributed by atoms with Crippen molar-refractivity contribution in [3.63, 3.8) is 0 Å². The molecule has 8 heteroatoms. The highest BCUT2D eigenvalue weighted by Crippen LogP contribution is 2.24. The second-order valence-corrected chi connectivity index (χ2v) is 9.92. The molecule has 0 aliphatic carbocycles. The van der Waals surface area contributed by atoms with Crippen LogP contribution in [-0.2, 0) is 9.47 Å². The minimum Gasteiger partial charge on any atom is -0.444 e. The van der Waals surface area contributed by atoms with Crippen LogP contribution in [0.3, 0.4) is 0 Å². The maximum absolute atomic E-state index is 13.0. The molecular formula is C24H31N3O5. The first-order valence-electron chi connectivity index (χ1n) is 10.7. The largest absolute Gasteiger partial charge is 0.444 e. The van der Waals surface area contributed by atoms with Crippen LogP contribution in [0.25, 0.3) is 10.9 Å². The molecule has 0 unspecified atom stereocenters. The minimum absolute atomic E-state index is 0.140. The predicted molar refractivity (Wildman–Crippen MR) is 121 cm³/mol. The lowest BCUT2D eigenvalue weighted by molar-refractivity contribution is 0.0140. The standard InChI is InChI=1S/C24H31N3O5/c1-16-14-18-15-17(8-9-19(18)27(16)22(30)32-24(5,6)7)20(28)25-10-12-26(13-11-25)21(29)31-23(2,3)4/h1,8-9,14-15H,10-13H2,2-7H3. The fourth-order valence-corrected chi connectivity index (χ4v) is 3.48. The molecule has 1 fully saturated rings. The van der Waals surface area contributed by atoms with E-state index in [4.69, 9.17) is 16.4 Å². The molecule has 0 spiro atoms. The molecule has 2 heterocycles. The van der Waals surface area contributed by atoms with Crippen LogP contribution < -0.4 is 0 Å². The number of nitrogens with zero attached hydrogens (tertiary/aromatic N) is 3. The van der Waals surface area contributed by atoms with Gasteiger partial charge < -0.3 is 19.3 Å². The van der Waals surface area contributed by atoms with Crippen LogP contribution in [0, 0.1) is 6.92 Å². The Kier molecular flexibility index (Phi) is 6.26. The zero-order valence-corrected chi connectivity index (χ0v) is 19.6. The van der Waals surface area contributed by atoms with E-state index in [0.717, 1.165) is 0 Å². The van der Waals surface area contributed by atoms with Crippen molar-refractivity contribution in [2.45, 2.75) is 52.7 Å². The van der Waals surface area contributed by atoms with E-state index >= 15 is 0 Å². The lowest BCUT2D eigenvalue weighted by atomic mass is 10.1. The molecule has 0 saturated carbocycles. The quantitative estimate of drug-likeness (QED) is 0.663. The third-order valence-corrected chi connectivity index (χ3v) is 4.87. The summed E-state index contributed by atoms with van der Waals surface area (Å²) in [7, 11) is 0. The lowest BCUT2D eigenvalue weighted by Crippen LogP contribution is -2.51. The van der Waals surface area contributed by atoms with Gasteiger partial charge in [-0.15, -0.1) is 0 Å². The Bertz CT molecular complexity index is 1030. The van der Waals surface area contributed by atoms with Gasteiger partial charge in [0.2, 0.25) is 0 Å². The van der Waals surface area contributed by atoms with Crippen molar-refractivity contribution in [1.29, 1.82) is 0 Å². The molecule has 2 radical (unpaired) electrons. The average molecular weight is 442 g/mol. The van der Waals surface area contributed by atoms with E-state index < -0.39 is 17.3 Å². The second kappa shape index (κ2) is 8.48. The van der Waals surface area contributed by atoms with Gasteiger partial charge in [-0.2, -0.15) is 0 Å². The maximum Gasteiger partial charge on any atom is 0.419 e. The Morgan fingerprint density at radius 2 is 1.34 bits per heavy atom. The third kappa shape index (κ3) is 5.41. The Balaban J connectivity index is 1.72. The fourth-order valence-electron chi connectivity index (χ4n) is 3.48. The van der Waals surface area contributed by atoms with Gasteiger partial charge in [0.05, 0.1) is 5.52 Å². The van der Waals surface area contributed by atoms with Crippen molar-refractivity contribution in [3.8, 4) is 0 Å². The van der Waals surface area contributed by atoms with E-state index in [0.29, 0.717) is 42.6 Å². The molecule has 0 bridgehead atoms. The SMILES string of the molecule is [CH]c1cc2cc(C(=O)N3CCN(C(=O)OC(C)(C)C)CC3)ccc2n1C(=O)OC(C)(C)C. The van der Waals surface area contributed by atoms with E-state index in [2.05, 4.69) is 0 Å². The van der Waals surface area contributed by atoms with E-state index in [1.165, 1.54) is 4.57 Å². The summed E-state index contributed by atoms with van der Waals surface area (Å²) in [6, 6.07) is 6.73. The smallest absolute Gasteiger partial charge is 0.419 e. The van der Waals surface area contributed by atoms with Gasteiger partial charge in [0.15, 0.2) is 0 Å². The fraction of sp³-hybridized carbons (Fsp3) is 0.500. The highest BCUT2D eigenvalue weighted by molar-refractivity contribution is 6.00. The molecule has 2 aromatic rings. The number of amides is 2. The number of aromatic nitrogens is 1. The molecule has 172 valence electrons. The van der Waals surface area contributed by atoms with Crippen molar-refractivity contribution >= 4 is 29.0 Å². The zero-order valence-electron chi connectivity index (χ0n) is 19.6. The molecular weight excluding hydrogens is 410 g/mol. The third-order valence-electron chi connectivity index (χ3n) is 4.87. The van der Waals surface area contributed by atoms with Crippen molar-refractivity contribution < 1.29 is 23.9 Å². The Morgan fingerprint density at radius 1 is 0.812 bits per heavy atom. The summed E-state index contributed by atoms with van der Waals surface area (Å²) in [6.07, 6.45) is -0.938. The van der Waals surface area contributed by atoms with Gasteiger partial charge in [0.1, 0.15) is 11.2 Å². The van der Waals surface area contributed by atoms with Gasteiger partial charge in [-0.05, 0) is 65.8 Å². The number of fused-ring (bicyclic) bond motifs is 1. The van der Waals surface area contributed by atoms with Gasteiger partial charge in [-0.1, -0.05) is 0 Å². The van der Waals surface area contributed by atoms with E-state index in [-0.39, 0.29) is 17.7 Å². The minimum atomic E-state index is -0.655. The lowest BCUT2D eigenvalue weighted by Gasteiger charge is -2.35. The van der Waals surface area contributed by atoms with Crippen LogP contribution in [0.15, 0.2) is 24.3 Å². The monoisotopic (exact) mass is 441 g/mol. The van der Waals surface area contributed by atoms with Crippen molar-refractivity contribution in [2.24, 2.45) is 0 Å². The molecule has 32 heavy (non-hydrogen) atoms. The molecule has 1 aliphatic heterocycles. The van der Waals surface area contributed by atoms with E-state index in [9.17, 15) is 14.4 Å². The Labute approximate surface area is 189 Å². The summed E-state index contributed by atoms with van der Waals surface area (Å²) < 4.78 is 12.1. The van der Waals surface area contributed by atoms with Gasteiger partial charge in [-0.25, -0.2) is 14.2 Å². The van der Waals surface area contributed by atoms with Gasteiger partial charge in [-0.3, -0.25) is 4.79 Å². The first-order valence-corrected chi connectivity index (χ1v) is 10.7. The van der Waals surface area contributed by atoms with Gasteiger partial charge >= 0.3 is 12.2 Å². The summed E-state index contributed by atoms with van der Waals surface area (Å²) in [4.78, 5) is 41.1. The number of rotatable bonds is 1. The Morgan fingerprint density at radius 3 is 1.91 bits per heavy atom. The van der Waals surface area contributed by atoms with Crippen molar-refractivity contribution in [3.05, 3.63) is 42.4 Å². The molecule has 0 atom stereocenters. The van der Waals surface area contributed by atoms with Crippen molar-refractivity contribution in [2.75, 3.05) is 26.2 Å². The van der Waals surface area contributed by atoms with E-state index in [1.54, 1.807) is 54.8 Å². The normalized spacial score (nSPS) is 15.1. The average Bonchev–Trinajstić information content (AvgIpc) is 2.99. The highest BCUT2D eigenvalue weighted by atomic mass is 16.6. The first-order chi connectivity index (χ1) is 14.7. The molecule has 2 amide bonds. The number of carbonyl (C=O) groups is 3. The van der Waals surface area contributed by atoms with E-state index in [1.807, 2.05) is 20.8 Å². The van der Waals surface area contributed by atoms with Crippen LogP contribution in [0.2, 0.25) is 0 Å². The molecule has 8 nitrogen and oxygen atoms in total. The topological polar surface area (TPSA) is 81.1 Å². The van der Waals surface area contributed by atoms with Crippen LogP contribution in [0.4, 0.5) is 9.59 Å². The number of benzene rings is 1. The van der Waals surface area contributed by atoms with Crippen LogP contribution in [0.5, 0.6) is 0 Å². The van der Waals surface area contributed by atoms with Gasteiger partial charge in [0, 0.05) is 49.7 Å². The number of hydrogen-bond donors (Lipinski definition) is 0. The molecule has 1 aliphatic rings. The first kappa shape index (κ1) is 23.6. The summed E-state index contributed by atoms with van der Waals surface area (Å²) in [6.45, 7) is 18.5. The summed E-state index contributed by atoms with van der Waals surface area (Å²) in [5, 5.41) is 0.673. The molecule has 0 N–H and O–H groups in total. The Hall–Kier alpha value is -3.03. The van der Waals surface area contributed by atoms with Crippen LogP contribution >= 0.6 is 0 Å². The number of ether oxygens (including phenoxy) is 2. The van der Waals surface area contributed by atoms with Crippen LogP contribution in [-0.4, -0.2) is 69.8 Å². The molecule has 1 aromatic heterocycles. The van der Waals surface area contributed by atoms with Crippen molar-refractivity contribution in [1.82, 2.24) is 14.4 Å². The molecule has 1 saturated heterocycles. The number of carbonyl (C=O) groups excluding carboxylic acids is 3. The number of piperazine rings is 1. The van der Waals surface area contributed by atoms with Crippen LogP contribution in [0.1, 0.15) is 57.6 Å². The zero-order chi connectivity index (χ0) is 23.8. The predicted octanol–water partition coefficient (Wildman–Crippen LogP) is 4.18. The molecule has 3 rings (SSSR count). The molecule has 1 aromatic carbocycles. The summed E-state index contributed by atoms with van der Waals surface area (Å²) in [5.41, 5.74) is 0.0894. The second-order valence-electron chi connectivity index (χ2n) is 9.92. The maximum atomic E-state index is 13.0. The highest BCUT2D eigenvalue weighted by Gasteiger charge is 2.28.